The number of nitriles is 1. The number of aliphatic hydroxyl groups excluding tert-OH is 1. The number of carbonyl (C=O) groups is 2. The van der Waals surface area contributed by atoms with E-state index in [-0.39, 0.29) is 16.9 Å². The molecule has 0 bridgehead atoms. The van der Waals surface area contributed by atoms with Gasteiger partial charge in [0.15, 0.2) is 6.10 Å². The average molecular weight is 359 g/mol. The van der Waals surface area contributed by atoms with Crippen LogP contribution in [-0.4, -0.2) is 32.4 Å². The highest BCUT2D eigenvalue weighted by Gasteiger charge is 2.14. The van der Waals surface area contributed by atoms with Crippen molar-refractivity contribution in [1.29, 1.82) is 5.26 Å². The van der Waals surface area contributed by atoms with Gasteiger partial charge in [0.1, 0.15) is 23.2 Å². The van der Waals surface area contributed by atoms with E-state index in [0.29, 0.717) is 5.56 Å². The lowest BCUT2D eigenvalue weighted by molar-refractivity contribution is -0.147. The number of phenolic OH excluding ortho intramolecular Hbond substituents is 1. The van der Waals surface area contributed by atoms with Gasteiger partial charge in [0, 0.05) is 0 Å². The molecule has 0 heterocycles. The van der Waals surface area contributed by atoms with Gasteiger partial charge >= 0.3 is 11.9 Å². The van der Waals surface area contributed by atoms with Crippen LogP contribution in [0.3, 0.4) is 0 Å². The number of rotatable bonds is 4. The minimum Gasteiger partial charge on any atom is -0.508 e. The summed E-state index contributed by atoms with van der Waals surface area (Å²) in [6, 6.07) is 12.2. The van der Waals surface area contributed by atoms with Gasteiger partial charge in [-0.2, -0.15) is 5.26 Å². The van der Waals surface area contributed by atoms with Crippen LogP contribution in [0.15, 0.2) is 54.1 Å². The SMILES string of the molecule is N#C/C(=C\c1cccc(O)c1)C(=O)O.O=C(O)C(O)c1ccc(F)cc1. The van der Waals surface area contributed by atoms with Crippen LogP contribution in [0.25, 0.3) is 6.08 Å². The number of carboxylic acid groups (broad SMARTS) is 2. The molecule has 1 unspecified atom stereocenters. The largest absolute Gasteiger partial charge is 0.508 e. The Labute approximate surface area is 147 Å². The molecule has 7 nitrogen and oxygen atoms in total. The Morgan fingerprint density at radius 2 is 1.73 bits per heavy atom. The van der Waals surface area contributed by atoms with Gasteiger partial charge in [-0.3, -0.25) is 0 Å². The lowest BCUT2D eigenvalue weighted by Crippen LogP contribution is -2.10. The van der Waals surface area contributed by atoms with E-state index in [0.717, 1.165) is 12.1 Å². The van der Waals surface area contributed by atoms with Crippen molar-refractivity contribution in [1.82, 2.24) is 0 Å². The number of hydrogen-bond acceptors (Lipinski definition) is 5. The van der Waals surface area contributed by atoms with Crippen LogP contribution in [0.1, 0.15) is 17.2 Å². The number of carboxylic acids is 2. The monoisotopic (exact) mass is 359 g/mol. The van der Waals surface area contributed by atoms with Gasteiger partial charge in [-0.25, -0.2) is 14.0 Å². The standard InChI is InChI=1S/C10H7NO3.C8H7FO3/c11-6-8(10(13)14)4-7-2-1-3-9(12)5-7;9-6-3-1-5(2-4-6)7(10)8(11)12/h1-5,12H,(H,13,14);1-4,7,10H,(H,11,12)/b8-4+;. The molecule has 2 rings (SSSR count). The van der Waals surface area contributed by atoms with E-state index in [9.17, 15) is 14.0 Å². The first-order valence-electron chi connectivity index (χ1n) is 7.05. The first-order chi connectivity index (χ1) is 12.2. The highest BCUT2D eigenvalue weighted by molar-refractivity contribution is 5.96. The van der Waals surface area contributed by atoms with Crippen molar-refractivity contribution in [3.63, 3.8) is 0 Å². The van der Waals surface area contributed by atoms with Gasteiger partial charge in [0.2, 0.25) is 0 Å². The molecule has 4 N–H and O–H groups in total. The van der Waals surface area contributed by atoms with Crippen LogP contribution in [0.4, 0.5) is 4.39 Å². The zero-order valence-electron chi connectivity index (χ0n) is 13.2. The molecule has 2 aromatic rings. The van der Waals surface area contributed by atoms with Crippen molar-refractivity contribution < 1.29 is 34.4 Å². The predicted octanol–water partition coefficient (Wildman–Crippen LogP) is 2.33. The lowest BCUT2D eigenvalue weighted by atomic mass is 10.1. The van der Waals surface area contributed by atoms with Crippen molar-refractivity contribution in [2.45, 2.75) is 6.10 Å². The summed E-state index contributed by atoms with van der Waals surface area (Å²) in [5, 5.41) is 43.4. The van der Waals surface area contributed by atoms with Crippen molar-refractivity contribution >= 4 is 18.0 Å². The van der Waals surface area contributed by atoms with Gasteiger partial charge in [-0.15, -0.1) is 0 Å². The molecule has 0 aliphatic heterocycles. The molecule has 0 radical (unpaired) electrons. The summed E-state index contributed by atoms with van der Waals surface area (Å²) in [5.74, 6) is -3.06. The normalized spacial score (nSPS) is 11.5. The first kappa shape index (κ1) is 20.3. The molecule has 0 saturated heterocycles. The molecule has 1 atom stereocenters. The molecule has 0 fully saturated rings. The number of aromatic hydroxyl groups is 1. The molecule has 0 saturated carbocycles. The van der Waals surface area contributed by atoms with Gasteiger partial charge in [-0.05, 0) is 41.5 Å². The number of aliphatic hydroxyl groups is 1. The summed E-state index contributed by atoms with van der Waals surface area (Å²) in [5.41, 5.74) is 0.281. The number of benzene rings is 2. The molecule has 26 heavy (non-hydrogen) atoms. The number of halogens is 1. The number of nitrogens with zero attached hydrogens (tertiary/aromatic N) is 1. The van der Waals surface area contributed by atoms with Gasteiger partial charge in [0.05, 0.1) is 0 Å². The maximum atomic E-state index is 12.3. The van der Waals surface area contributed by atoms with Gasteiger partial charge in [-0.1, -0.05) is 24.3 Å². The quantitative estimate of drug-likeness (QED) is 0.485. The van der Waals surface area contributed by atoms with Gasteiger partial charge < -0.3 is 20.4 Å². The zero-order chi connectivity index (χ0) is 19.7. The Morgan fingerprint density at radius 1 is 1.12 bits per heavy atom. The van der Waals surface area contributed by atoms with Crippen molar-refractivity contribution in [3.05, 3.63) is 71.0 Å². The molecule has 0 aliphatic carbocycles. The minimum atomic E-state index is -1.58. The summed E-state index contributed by atoms with van der Waals surface area (Å²) in [6.45, 7) is 0. The summed E-state index contributed by atoms with van der Waals surface area (Å²) >= 11 is 0. The van der Waals surface area contributed by atoms with E-state index >= 15 is 0 Å². The Kier molecular flexibility index (Phi) is 7.48. The molecular weight excluding hydrogens is 345 g/mol. The van der Waals surface area contributed by atoms with E-state index in [2.05, 4.69) is 0 Å². The number of aliphatic carboxylic acids is 2. The van der Waals surface area contributed by atoms with Crippen molar-refractivity contribution in [3.8, 4) is 11.8 Å². The smallest absolute Gasteiger partial charge is 0.346 e. The highest BCUT2D eigenvalue weighted by atomic mass is 19.1. The van der Waals surface area contributed by atoms with Crippen LogP contribution >= 0.6 is 0 Å². The molecule has 0 aromatic heterocycles. The molecule has 0 aliphatic rings. The summed E-state index contributed by atoms with van der Waals surface area (Å²) < 4.78 is 12.3. The van der Waals surface area contributed by atoms with Crippen LogP contribution in [-0.2, 0) is 9.59 Å². The molecule has 8 heteroatoms. The lowest BCUT2D eigenvalue weighted by Gasteiger charge is -2.03. The summed E-state index contributed by atoms with van der Waals surface area (Å²) in [6.07, 6.45) is -0.382. The fourth-order valence-corrected chi connectivity index (χ4v) is 1.71. The van der Waals surface area contributed by atoms with Crippen molar-refractivity contribution in [2.24, 2.45) is 0 Å². The van der Waals surface area contributed by atoms with Gasteiger partial charge in [0.25, 0.3) is 0 Å². The second-order valence-electron chi connectivity index (χ2n) is 4.86. The fourth-order valence-electron chi connectivity index (χ4n) is 1.71. The van der Waals surface area contributed by atoms with Crippen molar-refractivity contribution in [2.75, 3.05) is 0 Å². The Bertz CT molecular complexity index is 855. The highest BCUT2D eigenvalue weighted by Crippen LogP contribution is 2.14. The third kappa shape index (κ3) is 6.43. The molecule has 0 spiro atoms. The van der Waals surface area contributed by atoms with Crippen LogP contribution in [0, 0.1) is 17.1 Å². The second-order valence-corrected chi connectivity index (χ2v) is 4.86. The zero-order valence-corrected chi connectivity index (χ0v) is 13.2. The van der Waals surface area contributed by atoms with E-state index in [1.54, 1.807) is 18.2 Å². The average Bonchev–Trinajstić information content (AvgIpc) is 2.60. The third-order valence-corrected chi connectivity index (χ3v) is 2.95. The third-order valence-electron chi connectivity index (χ3n) is 2.95. The van der Waals surface area contributed by atoms with E-state index in [1.807, 2.05) is 0 Å². The molecule has 2 aromatic carbocycles. The second kappa shape index (κ2) is 9.56. The van der Waals surface area contributed by atoms with E-state index < -0.39 is 23.9 Å². The maximum Gasteiger partial charge on any atom is 0.346 e. The summed E-state index contributed by atoms with van der Waals surface area (Å²) in [4.78, 5) is 20.7. The maximum absolute atomic E-state index is 12.3. The van der Waals surface area contributed by atoms with E-state index in [4.69, 9.17) is 25.7 Å². The molecular formula is C18H14FNO6. The first-order valence-corrected chi connectivity index (χ1v) is 7.05. The van der Waals surface area contributed by atoms with Crippen LogP contribution < -0.4 is 0 Å². The number of phenols is 1. The predicted molar refractivity (Wildman–Crippen MR) is 88.3 cm³/mol. The molecule has 0 amide bonds. The summed E-state index contributed by atoms with van der Waals surface area (Å²) in [7, 11) is 0. The van der Waals surface area contributed by atoms with Crippen LogP contribution in [0.2, 0.25) is 0 Å². The topological polar surface area (TPSA) is 139 Å². The minimum absolute atomic E-state index is 0.0291. The number of hydrogen-bond donors (Lipinski definition) is 4. The molecule has 134 valence electrons. The van der Waals surface area contributed by atoms with Crippen LogP contribution in [0.5, 0.6) is 5.75 Å². The Balaban J connectivity index is 0.000000263. The Hall–Kier alpha value is -3.70. The Morgan fingerprint density at radius 3 is 2.19 bits per heavy atom. The van der Waals surface area contributed by atoms with E-state index in [1.165, 1.54) is 30.3 Å². The fraction of sp³-hybridized carbons (Fsp3) is 0.0556.